The van der Waals surface area contributed by atoms with Crippen molar-refractivity contribution in [3.63, 3.8) is 0 Å². The van der Waals surface area contributed by atoms with E-state index in [1.54, 1.807) is 0 Å². The molecule has 0 aromatic rings. The van der Waals surface area contributed by atoms with Gasteiger partial charge >= 0.3 is 0 Å². The van der Waals surface area contributed by atoms with Crippen LogP contribution in [0.15, 0.2) is 0 Å². The highest BCUT2D eigenvalue weighted by Crippen LogP contribution is 2.00. The van der Waals surface area contributed by atoms with Gasteiger partial charge in [0.05, 0.1) is 27.3 Å². The number of carboxylic acids is 1. The average molecular weight is 175 g/mol. The maximum atomic E-state index is 8.89. The highest BCUT2D eigenvalue weighted by molar-refractivity contribution is 5.60. The zero-order valence-corrected chi connectivity index (χ0v) is 8.00. The number of carbonyl (C=O) groups is 1. The molecule has 0 radical (unpaired) electrons. The van der Waals surface area contributed by atoms with Crippen molar-refractivity contribution in [1.29, 1.82) is 0 Å². The lowest BCUT2D eigenvalue weighted by Gasteiger charge is -2.33. The Bertz CT molecular complexity index is 133. The maximum Gasteiger partial charge on any atom is 0.102 e. The van der Waals surface area contributed by atoms with Gasteiger partial charge in [0.25, 0.3) is 0 Å². The fourth-order valence-electron chi connectivity index (χ4n) is 0.837. The number of likely N-dealkylation sites (N-methyl/N-ethyl adjacent to an activating group) is 1. The summed E-state index contributed by atoms with van der Waals surface area (Å²) in [5.41, 5.74) is 0. The second-order valence-electron chi connectivity index (χ2n) is 3.49. The number of carbonyl (C=O) groups excluding carboxylic acids is 1. The third-order valence-corrected chi connectivity index (χ3v) is 1.68. The third kappa shape index (κ3) is 7.50. The van der Waals surface area contributed by atoms with E-state index in [0.717, 1.165) is 24.6 Å². The van der Waals surface area contributed by atoms with Crippen molar-refractivity contribution in [2.45, 2.75) is 6.92 Å². The van der Waals surface area contributed by atoms with Gasteiger partial charge in [-0.2, -0.15) is 0 Å². The molecule has 1 fully saturated rings. The number of ether oxygens (including phenoxy) is 1. The lowest BCUT2D eigenvalue weighted by molar-refractivity contribution is -0.898. The molecule has 1 aliphatic heterocycles. The van der Waals surface area contributed by atoms with Gasteiger partial charge in [0, 0.05) is 5.97 Å². The Hall–Kier alpha value is -0.610. The standard InChI is InChI=1S/C6H14NO.C2H4O2/c1-7(2)3-5-8-6-4-7;1-2(3)4/h3-6H2,1-2H3;1H3,(H,3,4)/q+1;/p-1. The van der Waals surface area contributed by atoms with E-state index in [4.69, 9.17) is 14.6 Å². The Morgan fingerprint density at radius 3 is 1.83 bits per heavy atom. The first-order valence-electron chi connectivity index (χ1n) is 4.01. The monoisotopic (exact) mass is 175 g/mol. The summed E-state index contributed by atoms with van der Waals surface area (Å²) < 4.78 is 6.31. The van der Waals surface area contributed by atoms with Gasteiger partial charge < -0.3 is 19.1 Å². The Balaban J connectivity index is 0.000000261. The molecule has 0 saturated carbocycles. The molecule has 0 atom stereocenters. The number of hydrogen-bond donors (Lipinski definition) is 0. The number of quaternary nitrogens is 1. The van der Waals surface area contributed by atoms with Crippen molar-refractivity contribution < 1.29 is 19.1 Å². The Kier molecular flexibility index (Phi) is 4.85. The van der Waals surface area contributed by atoms with E-state index in [-0.39, 0.29) is 0 Å². The second-order valence-corrected chi connectivity index (χ2v) is 3.49. The summed E-state index contributed by atoms with van der Waals surface area (Å²) in [4.78, 5) is 8.89. The van der Waals surface area contributed by atoms with Gasteiger partial charge in [-0.15, -0.1) is 0 Å². The first-order chi connectivity index (χ1) is 5.44. The number of rotatable bonds is 0. The van der Waals surface area contributed by atoms with E-state index >= 15 is 0 Å². The molecule has 4 nitrogen and oxygen atoms in total. The number of carboxylic acid groups (broad SMARTS) is 1. The van der Waals surface area contributed by atoms with Crippen molar-refractivity contribution in [2.75, 3.05) is 40.4 Å². The Morgan fingerprint density at radius 1 is 1.33 bits per heavy atom. The first kappa shape index (κ1) is 11.4. The topological polar surface area (TPSA) is 49.4 Å². The second kappa shape index (κ2) is 5.11. The van der Waals surface area contributed by atoms with Crippen molar-refractivity contribution >= 4 is 5.97 Å². The lowest BCUT2D eigenvalue weighted by Crippen LogP contribution is -2.48. The minimum absolute atomic E-state index is 0.938. The predicted molar refractivity (Wildman–Crippen MR) is 43.3 cm³/mol. The van der Waals surface area contributed by atoms with Crippen LogP contribution in [0.1, 0.15) is 6.92 Å². The van der Waals surface area contributed by atoms with Crippen molar-refractivity contribution in [3.05, 3.63) is 0 Å². The van der Waals surface area contributed by atoms with E-state index < -0.39 is 5.97 Å². The molecule has 4 heteroatoms. The molecule has 1 saturated heterocycles. The smallest absolute Gasteiger partial charge is 0.102 e. The normalized spacial score (nSPS) is 20.6. The van der Waals surface area contributed by atoms with Gasteiger partial charge in [-0.25, -0.2) is 0 Å². The molecule has 0 amide bonds. The summed E-state index contributed by atoms with van der Waals surface area (Å²) in [6.07, 6.45) is 0. The molecule has 12 heavy (non-hydrogen) atoms. The van der Waals surface area contributed by atoms with Gasteiger partial charge in [0.2, 0.25) is 0 Å². The zero-order valence-electron chi connectivity index (χ0n) is 8.00. The van der Waals surface area contributed by atoms with Crippen LogP contribution in [0.4, 0.5) is 0 Å². The number of nitrogens with zero attached hydrogens (tertiary/aromatic N) is 1. The van der Waals surface area contributed by atoms with Gasteiger partial charge in [-0.3, -0.25) is 0 Å². The molecule has 0 aromatic heterocycles. The van der Waals surface area contributed by atoms with E-state index in [2.05, 4.69) is 14.1 Å². The molecule has 0 aromatic carbocycles. The van der Waals surface area contributed by atoms with E-state index in [0.29, 0.717) is 0 Å². The van der Waals surface area contributed by atoms with Crippen LogP contribution >= 0.6 is 0 Å². The molecule has 0 bridgehead atoms. The van der Waals surface area contributed by atoms with E-state index in [1.807, 2.05) is 0 Å². The van der Waals surface area contributed by atoms with Crippen LogP contribution in [0, 0.1) is 0 Å². The van der Waals surface area contributed by atoms with Crippen LogP contribution in [-0.2, 0) is 9.53 Å². The van der Waals surface area contributed by atoms with Gasteiger partial charge in [0.1, 0.15) is 13.1 Å². The summed E-state index contributed by atoms with van der Waals surface area (Å²) in [6.45, 7) is 5.18. The van der Waals surface area contributed by atoms with Crippen LogP contribution in [-0.4, -0.2) is 50.9 Å². The minimum atomic E-state index is -1.08. The van der Waals surface area contributed by atoms with Crippen LogP contribution < -0.4 is 5.11 Å². The molecular formula is C8H17NO3. The summed E-state index contributed by atoms with van der Waals surface area (Å²) in [5, 5.41) is 8.89. The highest BCUT2D eigenvalue weighted by atomic mass is 16.5. The van der Waals surface area contributed by atoms with E-state index in [9.17, 15) is 0 Å². The van der Waals surface area contributed by atoms with Gasteiger partial charge in [0.15, 0.2) is 0 Å². The summed E-state index contributed by atoms with van der Waals surface area (Å²) in [7, 11) is 4.48. The SMILES string of the molecule is CC(=O)[O-].C[N+]1(C)CCOCC1. The summed E-state index contributed by atoms with van der Waals surface area (Å²) >= 11 is 0. The Labute approximate surface area is 73.3 Å². The van der Waals surface area contributed by atoms with Gasteiger partial charge in [-0.05, 0) is 6.92 Å². The zero-order chi connectivity index (χ0) is 9.61. The molecule has 0 unspecified atom stereocenters. The number of hydrogen-bond acceptors (Lipinski definition) is 3. The largest absolute Gasteiger partial charge is 0.550 e. The van der Waals surface area contributed by atoms with Crippen molar-refractivity contribution in [3.8, 4) is 0 Å². The Morgan fingerprint density at radius 2 is 1.67 bits per heavy atom. The van der Waals surface area contributed by atoms with Crippen LogP contribution in [0.25, 0.3) is 0 Å². The average Bonchev–Trinajstić information content (AvgIpc) is 1.85. The maximum absolute atomic E-state index is 8.89. The van der Waals surface area contributed by atoms with Crippen LogP contribution in [0.3, 0.4) is 0 Å². The van der Waals surface area contributed by atoms with Crippen LogP contribution in [0.5, 0.6) is 0 Å². The molecule has 0 spiro atoms. The third-order valence-electron chi connectivity index (χ3n) is 1.68. The fraction of sp³-hybridized carbons (Fsp3) is 0.875. The van der Waals surface area contributed by atoms with Crippen LogP contribution in [0.2, 0.25) is 0 Å². The molecule has 1 aliphatic rings. The molecule has 0 aliphatic carbocycles. The van der Waals surface area contributed by atoms with Gasteiger partial charge in [-0.1, -0.05) is 0 Å². The quantitative estimate of drug-likeness (QED) is 0.437. The molecule has 72 valence electrons. The fourth-order valence-corrected chi connectivity index (χ4v) is 0.837. The van der Waals surface area contributed by atoms with Crippen molar-refractivity contribution in [1.82, 2.24) is 0 Å². The number of aliphatic carboxylic acids is 1. The van der Waals surface area contributed by atoms with Crippen molar-refractivity contribution in [2.24, 2.45) is 0 Å². The van der Waals surface area contributed by atoms with E-state index in [1.165, 1.54) is 13.1 Å². The molecular weight excluding hydrogens is 158 g/mol. The molecule has 0 N–H and O–H groups in total. The highest BCUT2D eigenvalue weighted by Gasteiger charge is 2.18. The lowest BCUT2D eigenvalue weighted by atomic mass is 10.4. The predicted octanol–water partition coefficient (Wildman–Crippen LogP) is -1.15. The summed E-state index contributed by atoms with van der Waals surface area (Å²) in [6, 6.07) is 0. The molecule has 1 rings (SSSR count). The first-order valence-corrected chi connectivity index (χ1v) is 4.01. The number of morpholine rings is 1. The summed E-state index contributed by atoms with van der Waals surface area (Å²) in [5.74, 6) is -1.08. The molecule has 1 heterocycles. The minimum Gasteiger partial charge on any atom is -0.550 e.